The summed E-state index contributed by atoms with van der Waals surface area (Å²) in [5, 5.41) is 15.8. The second-order valence-electron chi connectivity index (χ2n) is 4.65. The summed E-state index contributed by atoms with van der Waals surface area (Å²) in [4.78, 5) is 21.8. The molecule has 2 N–H and O–H groups in total. The zero-order valence-corrected chi connectivity index (χ0v) is 11.3. The molecule has 0 fully saturated rings. The van der Waals surface area contributed by atoms with Gasteiger partial charge in [0, 0.05) is 6.07 Å². The number of halogens is 2. The number of nitrogens with one attached hydrogen (secondary N) is 2. The molecule has 110 valence electrons. The zero-order valence-electron chi connectivity index (χ0n) is 11.3. The highest BCUT2D eigenvalue weighted by Crippen LogP contribution is 2.29. The Hall–Kier alpha value is -2.09. The van der Waals surface area contributed by atoms with Gasteiger partial charge in [-0.05, 0) is 20.4 Å². The number of nitro groups is 1. The zero-order chi connectivity index (χ0) is 15.5. The number of carbonyl (C=O) groups excluding carboxylic acids is 1. The van der Waals surface area contributed by atoms with Crippen LogP contribution in [0.2, 0.25) is 0 Å². The topological polar surface area (TPSA) is 84.3 Å². The van der Waals surface area contributed by atoms with Crippen molar-refractivity contribution in [3.05, 3.63) is 33.9 Å². The maximum atomic E-state index is 13.6. The third-order valence-electron chi connectivity index (χ3n) is 2.66. The van der Waals surface area contributed by atoms with Gasteiger partial charge in [-0.1, -0.05) is 6.92 Å². The predicted molar refractivity (Wildman–Crippen MR) is 69.4 cm³/mol. The molecule has 8 heteroatoms. The summed E-state index contributed by atoms with van der Waals surface area (Å²) >= 11 is 0. The van der Waals surface area contributed by atoms with Gasteiger partial charge in [-0.3, -0.25) is 14.9 Å². The van der Waals surface area contributed by atoms with Gasteiger partial charge in [0.25, 0.3) is 5.69 Å². The molecule has 0 bridgehead atoms. The van der Waals surface area contributed by atoms with Crippen molar-refractivity contribution in [3.63, 3.8) is 0 Å². The lowest BCUT2D eigenvalue weighted by Gasteiger charge is -2.24. The Balaban J connectivity index is 3.15. The lowest BCUT2D eigenvalue weighted by molar-refractivity contribution is -0.384. The van der Waals surface area contributed by atoms with Gasteiger partial charge < -0.3 is 10.6 Å². The molecule has 0 aliphatic heterocycles. The van der Waals surface area contributed by atoms with Crippen LogP contribution in [0.1, 0.15) is 20.8 Å². The standard InChI is InChI=1S/C12H15F2N3O3/c1-4-15-12(2,3)11(18)16-10-8(14)5-7(13)6-9(10)17(19)20/h5-6,15H,4H2,1-3H3,(H,16,18). The van der Waals surface area contributed by atoms with Gasteiger partial charge in [-0.2, -0.15) is 0 Å². The van der Waals surface area contributed by atoms with Crippen LogP contribution in [0.25, 0.3) is 0 Å². The molecule has 1 aromatic rings. The molecule has 0 aromatic heterocycles. The van der Waals surface area contributed by atoms with Crippen LogP contribution in [0.5, 0.6) is 0 Å². The monoisotopic (exact) mass is 287 g/mol. The largest absolute Gasteiger partial charge is 0.316 e. The van der Waals surface area contributed by atoms with E-state index >= 15 is 0 Å². The van der Waals surface area contributed by atoms with Gasteiger partial charge in [-0.25, -0.2) is 8.78 Å². The fourth-order valence-corrected chi connectivity index (χ4v) is 1.62. The summed E-state index contributed by atoms with van der Waals surface area (Å²) in [6.45, 7) is 5.34. The Bertz CT molecular complexity index is 547. The molecule has 1 amide bonds. The first-order valence-corrected chi connectivity index (χ1v) is 5.89. The second kappa shape index (κ2) is 5.91. The van der Waals surface area contributed by atoms with E-state index in [-0.39, 0.29) is 0 Å². The van der Waals surface area contributed by atoms with E-state index in [0.29, 0.717) is 18.7 Å². The Morgan fingerprint density at radius 3 is 2.50 bits per heavy atom. The van der Waals surface area contributed by atoms with E-state index < -0.39 is 39.4 Å². The third-order valence-corrected chi connectivity index (χ3v) is 2.66. The first-order chi connectivity index (χ1) is 9.19. The van der Waals surface area contributed by atoms with E-state index in [1.165, 1.54) is 0 Å². The number of hydrogen-bond acceptors (Lipinski definition) is 4. The molecule has 0 spiro atoms. The Kier molecular flexibility index (Phi) is 4.72. The van der Waals surface area contributed by atoms with E-state index in [1.807, 2.05) is 0 Å². The molecule has 0 aliphatic carbocycles. The molecule has 0 atom stereocenters. The predicted octanol–water partition coefficient (Wildman–Crippen LogP) is 2.20. The van der Waals surface area contributed by atoms with Crippen LogP contribution in [-0.4, -0.2) is 22.9 Å². The SMILES string of the molecule is CCNC(C)(C)C(=O)Nc1c(F)cc(F)cc1[N+](=O)[O-]. The van der Waals surface area contributed by atoms with E-state index in [0.717, 1.165) is 0 Å². The quantitative estimate of drug-likeness (QED) is 0.642. The molecule has 0 saturated heterocycles. The van der Waals surface area contributed by atoms with Gasteiger partial charge >= 0.3 is 0 Å². The summed E-state index contributed by atoms with van der Waals surface area (Å²) in [5.41, 5.74) is -2.53. The Labute approximate surface area is 114 Å². The number of likely N-dealkylation sites (N-methyl/N-ethyl adjacent to an activating group) is 1. The number of nitro benzene ring substituents is 1. The van der Waals surface area contributed by atoms with E-state index in [1.54, 1.807) is 20.8 Å². The van der Waals surface area contributed by atoms with Crippen molar-refractivity contribution in [2.45, 2.75) is 26.3 Å². The molecule has 6 nitrogen and oxygen atoms in total. The minimum atomic E-state index is -1.20. The number of carbonyl (C=O) groups is 1. The molecule has 1 rings (SSSR count). The molecule has 0 radical (unpaired) electrons. The number of anilines is 1. The maximum absolute atomic E-state index is 13.6. The Morgan fingerprint density at radius 1 is 1.40 bits per heavy atom. The molecule has 1 aromatic carbocycles. The summed E-state index contributed by atoms with van der Waals surface area (Å²) in [5.74, 6) is -2.94. The van der Waals surface area contributed by atoms with Crippen molar-refractivity contribution in [3.8, 4) is 0 Å². The van der Waals surface area contributed by atoms with Crippen molar-refractivity contribution in [2.75, 3.05) is 11.9 Å². The molecule has 20 heavy (non-hydrogen) atoms. The van der Waals surface area contributed by atoms with Crippen LogP contribution in [0, 0.1) is 21.7 Å². The average molecular weight is 287 g/mol. The van der Waals surface area contributed by atoms with E-state index in [4.69, 9.17) is 0 Å². The number of nitrogens with zero attached hydrogens (tertiary/aromatic N) is 1. The molecule has 0 saturated carbocycles. The van der Waals surface area contributed by atoms with E-state index in [2.05, 4.69) is 10.6 Å². The number of amides is 1. The van der Waals surface area contributed by atoms with Crippen molar-refractivity contribution in [2.24, 2.45) is 0 Å². The van der Waals surface area contributed by atoms with Crippen molar-refractivity contribution in [1.29, 1.82) is 0 Å². The van der Waals surface area contributed by atoms with Crippen molar-refractivity contribution < 1.29 is 18.5 Å². The lowest BCUT2D eigenvalue weighted by Crippen LogP contribution is -2.49. The highest BCUT2D eigenvalue weighted by Gasteiger charge is 2.30. The van der Waals surface area contributed by atoms with Crippen LogP contribution < -0.4 is 10.6 Å². The molecular formula is C12H15F2N3O3. The fourth-order valence-electron chi connectivity index (χ4n) is 1.62. The van der Waals surface area contributed by atoms with Crippen LogP contribution in [-0.2, 0) is 4.79 Å². The number of rotatable bonds is 5. The summed E-state index contributed by atoms with van der Waals surface area (Å²) < 4.78 is 26.6. The lowest BCUT2D eigenvalue weighted by atomic mass is 10.0. The van der Waals surface area contributed by atoms with Crippen molar-refractivity contribution >= 4 is 17.3 Å². The summed E-state index contributed by atoms with van der Waals surface area (Å²) in [6.07, 6.45) is 0. The van der Waals surface area contributed by atoms with Gasteiger partial charge in [0.1, 0.15) is 5.82 Å². The third kappa shape index (κ3) is 3.47. The number of benzene rings is 1. The van der Waals surface area contributed by atoms with Crippen LogP contribution in [0.3, 0.4) is 0 Å². The van der Waals surface area contributed by atoms with Gasteiger partial charge in [0.2, 0.25) is 5.91 Å². The maximum Gasteiger partial charge on any atom is 0.298 e. The first kappa shape index (κ1) is 16.0. The highest BCUT2D eigenvalue weighted by atomic mass is 19.1. The van der Waals surface area contributed by atoms with Gasteiger partial charge in [0.05, 0.1) is 16.5 Å². The van der Waals surface area contributed by atoms with Crippen LogP contribution in [0.4, 0.5) is 20.2 Å². The average Bonchev–Trinajstić information content (AvgIpc) is 2.31. The van der Waals surface area contributed by atoms with Gasteiger partial charge in [0.15, 0.2) is 11.5 Å². The van der Waals surface area contributed by atoms with Crippen LogP contribution in [0.15, 0.2) is 12.1 Å². The molecule has 0 aliphatic rings. The van der Waals surface area contributed by atoms with Crippen LogP contribution >= 0.6 is 0 Å². The molecule has 0 unspecified atom stereocenters. The van der Waals surface area contributed by atoms with Gasteiger partial charge in [-0.15, -0.1) is 0 Å². The summed E-state index contributed by atoms with van der Waals surface area (Å²) in [6, 6.07) is 1.03. The van der Waals surface area contributed by atoms with Crippen molar-refractivity contribution in [1.82, 2.24) is 5.32 Å². The first-order valence-electron chi connectivity index (χ1n) is 5.89. The smallest absolute Gasteiger partial charge is 0.298 e. The normalized spacial score (nSPS) is 11.2. The minimum absolute atomic E-state index is 0.475. The van der Waals surface area contributed by atoms with E-state index in [9.17, 15) is 23.7 Å². The molecule has 0 heterocycles. The fraction of sp³-hybridized carbons (Fsp3) is 0.417. The minimum Gasteiger partial charge on any atom is -0.316 e. The highest BCUT2D eigenvalue weighted by molar-refractivity contribution is 5.99. The molecular weight excluding hydrogens is 272 g/mol. The second-order valence-corrected chi connectivity index (χ2v) is 4.65. The number of hydrogen-bond donors (Lipinski definition) is 2. The summed E-state index contributed by atoms with van der Waals surface area (Å²) in [7, 11) is 0. The Morgan fingerprint density at radius 2 is 2.00 bits per heavy atom.